The molecule has 0 amide bonds. The SMILES string of the molecule is CC(C)/C=C/c1cccc[n+]1C(C)(C)CC(C)(C)C(=O)O. The fourth-order valence-electron chi connectivity index (χ4n) is 2.68. The van der Waals surface area contributed by atoms with Gasteiger partial charge in [0.15, 0.2) is 11.7 Å². The normalized spacial score (nSPS) is 13.1. The van der Waals surface area contributed by atoms with E-state index in [2.05, 4.69) is 50.5 Å². The lowest BCUT2D eigenvalue weighted by atomic mass is 9.79. The molecule has 0 saturated heterocycles. The number of aliphatic carboxylic acids is 1. The summed E-state index contributed by atoms with van der Waals surface area (Å²) in [7, 11) is 0. The quantitative estimate of drug-likeness (QED) is 0.808. The van der Waals surface area contributed by atoms with Crippen molar-refractivity contribution in [2.45, 2.75) is 53.5 Å². The molecule has 0 aliphatic rings. The number of carboxylic acid groups (broad SMARTS) is 1. The monoisotopic (exact) mass is 290 g/mol. The maximum atomic E-state index is 11.4. The largest absolute Gasteiger partial charge is 0.481 e. The summed E-state index contributed by atoms with van der Waals surface area (Å²) in [5, 5.41) is 9.37. The second-order valence-corrected chi connectivity index (χ2v) is 7.28. The average molecular weight is 290 g/mol. The van der Waals surface area contributed by atoms with Crippen LogP contribution in [0.15, 0.2) is 30.5 Å². The topological polar surface area (TPSA) is 41.2 Å². The van der Waals surface area contributed by atoms with Crippen LogP contribution >= 0.6 is 0 Å². The lowest BCUT2D eigenvalue weighted by molar-refractivity contribution is -0.761. The molecule has 3 heteroatoms. The lowest BCUT2D eigenvalue weighted by Gasteiger charge is -2.28. The van der Waals surface area contributed by atoms with Gasteiger partial charge in [0.25, 0.3) is 0 Å². The molecule has 1 N–H and O–H groups in total. The van der Waals surface area contributed by atoms with E-state index in [1.165, 1.54) is 0 Å². The minimum Gasteiger partial charge on any atom is -0.481 e. The van der Waals surface area contributed by atoms with Crippen molar-refractivity contribution in [3.8, 4) is 0 Å². The smallest absolute Gasteiger partial charge is 0.309 e. The van der Waals surface area contributed by atoms with Gasteiger partial charge in [0.05, 0.1) is 5.41 Å². The summed E-state index contributed by atoms with van der Waals surface area (Å²) in [4.78, 5) is 11.4. The molecule has 1 aromatic rings. The third kappa shape index (κ3) is 4.69. The van der Waals surface area contributed by atoms with Crippen LogP contribution in [0.25, 0.3) is 6.08 Å². The second-order valence-electron chi connectivity index (χ2n) is 7.28. The van der Waals surface area contributed by atoms with Crippen LogP contribution in [0.3, 0.4) is 0 Å². The molecule has 0 spiro atoms. The van der Waals surface area contributed by atoms with Crippen molar-refractivity contribution < 1.29 is 14.5 Å². The van der Waals surface area contributed by atoms with E-state index in [1.807, 2.05) is 18.3 Å². The Kier molecular flexibility index (Phi) is 5.32. The number of carboxylic acids is 1. The standard InChI is InChI=1S/C18H27NO2/c1-14(2)10-11-15-9-7-8-12-19(15)18(5,6)13-17(3,4)16(20)21/h7-12,14H,13H2,1-6H3/p+1/b11-10+. The Morgan fingerprint density at radius 2 is 1.90 bits per heavy atom. The number of carbonyl (C=O) groups is 1. The van der Waals surface area contributed by atoms with Gasteiger partial charge in [0.1, 0.15) is 0 Å². The summed E-state index contributed by atoms with van der Waals surface area (Å²) in [6.07, 6.45) is 6.86. The van der Waals surface area contributed by atoms with E-state index >= 15 is 0 Å². The molecule has 0 aliphatic carbocycles. The minimum absolute atomic E-state index is 0.278. The van der Waals surface area contributed by atoms with Gasteiger partial charge in [0.2, 0.25) is 5.69 Å². The number of pyridine rings is 1. The molecule has 0 radical (unpaired) electrons. The molecule has 1 aromatic heterocycles. The molecule has 0 atom stereocenters. The Bertz CT molecular complexity index is 528. The predicted molar refractivity (Wildman–Crippen MR) is 85.9 cm³/mol. The number of allylic oxidation sites excluding steroid dienone is 1. The van der Waals surface area contributed by atoms with E-state index in [9.17, 15) is 9.90 Å². The Morgan fingerprint density at radius 1 is 1.29 bits per heavy atom. The highest BCUT2D eigenvalue weighted by Gasteiger charge is 2.41. The van der Waals surface area contributed by atoms with Gasteiger partial charge in [-0.15, -0.1) is 0 Å². The summed E-state index contributed by atoms with van der Waals surface area (Å²) >= 11 is 0. The van der Waals surface area contributed by atoms with Crippen molar-refractivity contribution in [3.63, 3.8) is 0 Å². The molecular weight excluding hydrogens is 262 g/mol. The molecule has 0 aliphatic heterocycles. The maximum absolute atomic E-state index is 11.4. The Labute approximate surface area is 128 Å². The lowest BCUT2D eigenvalue weighted by Crippen LogP contribution is -2.56. The van der Waals surface area contributed by atoms with E-state index in [1.54, 1.807) is 13.8 Å². The third-order valence-electron chi connectivity index (χ3n) is 3.65. The highest BCUT2D eigenvalue weighted by molar-refractivity contribution is 5.73. The summed E-state index contributed by atoms with van der Waals surface area (Å²) < 4.78 is 2.16. The Balaban J connectivity index is 3.17. The van der Waals surface area contributed by atoms with Crippen molar-refractivity contribution in [2.24, 2.45) is 11.3 Å². The van der Waals surface area contributed by atoms with Crippen LogP contribution in [0, 0.1) is 11.3 Å². The molecule has 116 valence electrons. The van der Waals surface area contributed by atoms with Crippen LogP contribution in [0.5, 0.6) is 0 Å². The predicted octanol–water partition coefficient (Wildman–Crippen LogP) is 3.88. The van der Waals surface area contributed by atoms with Crippen molar-refractivity contribution >= 4 is 12.0 Å². The first kappa shape index (κ1) is 17.4. The highest BCUT2D eigenvalue weighted by atomic mass is 16.4. The fraction of sp³-hybridized carbons (Fsp3) is 0.556. The molecule has 0 fully saturated rings. The van der Waals surface area contributed by atoms with Gasteiger partial charge >= 0.3 is 5.97 Å². The van der Waals surface area contributed by atoms with Crippen LogP contribution in [-0.2, 0) is 10.3 Å². The fourth-order valence-corrected chi connectivity index (χ4v) is 2.68. The van der Waals surface area contributed by atoms with Crippen LogP contribution in [0.4, 0.5) is 0 Å². The van der Waals surface area contributed by atoms with E-state index in [4.69, 9.17) is 0 Å². The number of rotatable bonds is 6. The molecule has 0 saturated carbocycles. The van der Waals surface area contributed by atoms with Crippen molar-refractivity contribution in [2.75, 3.05) is 0 Å². The van der Waals surface area contributed by atoms with E-state index < -0.39 is 11.4 Å². The van der Waals surface area contributed by atoms with E-state index in [0.717, 1.165) is 5.69 Å². The zero-order chi connectivity index (χ0) is 16.3. The van der Waals surface area contributed by atoms with Gasteiger partial charge < -0.3 is 5.11 Å². The molecule has 1 rings (SSSR count). The number of hydrogen-bond acceptors (Lipinski definition) is 1. The Morgan fingerprint density at radius 3 is 2.43 bits per heavy atom. The summed E-state index contributed by atoms with van der Waals surface area (Å²) in [5.41, 5.74) is 0.0583. The first-order chi connectivity index (χ1) is 9.56. The van der Waals surface area contributed by atoms with Gasteiger partial charge in [-0.3, -0.25) is 4.79 Å². The molecule has 3 nitrogen and oxygen atoms in total. The van der Waals surface area contributed by atoms with Crippen molar-refractivity contribution in [1.29, 1.82) is 0 Å². The Hall–Kier alpha value is -1.64. The van der Waals surface area contributed by atoms with E-state index in [-0.39, 0.29) is 5.54 Å². The summed E-state index contributed by atoms with van der Waals surface area (Å²) in [6, 6.07) is 6.06. The van der Waals surface area contributed by atoms with Gasteiger partial charge in [-0.05, 0) is 25.8 Å². The number of hydrogen-bond donors (Lipinski definition) is 1. The average Bonchev–Trinajstić information content (AvgIpc) is 2.35. The second kappa shape index (κ2) is 6.42. The molecule has 0 bridgehead atoms. The zero-order valence-electron chi connectivity index (χ0n) is 14.1. The van der Waals surface area contributed by atoms with Crippen LogP contribution in [-0.4, -0.2) is 11.1 Å². The summed E-state index contributed by atoms with van der Waals surface area (Å²) in [6.45, 7) is 12.0. The maximum Gasteiger partial charge on any atom is 0.309 e. The van der Waals surface area contributed by atoms with Gasteiger partial charge in [-0.25, -0.2) is 0 Å². The number of aromatic nitrogens is 1. The van der Waals surface area contributed by atoms with Crippen molar-refractivity contribution in [1.82, 2.24) is 0 Å². The molecule has 21 heavy (non-hydrogen) atoms. The third-order valence-corrected chi connectivity index (χ3v) is 3.65. The van der Waals surface area contributed by atoms with Gasteiger partial charge in [-0.2, -0.15) is 4.57 Å². The number of nitrogens with zero attached hydrogens (tertiary/aromatic N) is 1. The van der Waals surface area contributed by atoms with Crippen LogP contribution in [0.2, 0.25) is 0 Å². The molecule has 1 heterocycles. The van der Waals surface area contributed by atoms with Gasteiger partial charge in [-0.1, -0.05) is 19.9 Å². The molecule has 0 unspecified atom stereocenters. The highest BCUT2D eigenvalue weighted by Crippen LogP contribution is 2.30. The van der Waals surface area contributed by atoms with E-state index in [0.29, 0.717) is 12.3 Å². The van der Waals surface area contributed by atoms with Crippen molar-refractivity contribution in [3.05, 3.63) is 36.2 Å². The molecule has 0 aromatic carbocycles. The first-order valence-corrected chi connectivity index (χ1v) is 7.49. The van der Waals surface area contributed by atoms with Crippen LogP contribution < -0.4 is 4.57 Å². The molecular formula is C18H28NO2+. The first-order valence-electron chi connectivity index (χ1n) is 7.49. The minimum atomic E-state index is -0.759. The van der Waals surface area contributed by atoms with Crippen LogP contribution in [0.1, 0.15) is 53.7 Å². The van der Waals surface area contributed by atoms with Gasteiger partial charge in [0, 0.05) is 38.5 Å². The zero-order valence-corrected chi connectivity index (χ0v) is 14.1. The summed E-state index contributed by atoms with van der Waals surface area (Å²) in [5.74, 6) is -0.274.